The monoisotopic (exact) mass is 260 g/mol. The molecular weight excluding hydrogens is 244 g/mol. The van der Waals surface area contributed by atoms with Crippen molar-refractivity contribution in [3.63, 3.8) is 0 Å². The maximum atomic E-state index is 6.28. The van der Waals surface area contributed by atoms with Crippen LogP contribution in [0, 0.1) is 0 Å². The van der Waals surface area contributed by atoms with Gasteiger partial charge in [0.05, 0.1) is 5.52 Å². The topological polar surface area (TPSA) is 16.1 Å². The van der Waals surface area contributed by atoms with Gasteiger partial charge in [-0.05, 0) is 32.0 Å². The van der Waals surface area contributed by atoms with E-state index in [0.29, 0.717) is 5.15 Å². The van der Waals surface area contributed by atoms with Gasteiger partial charge < -0.3 is 0 Å². The first-order chi connectivity index (χ1) is 8.74. The molecule has 2 nitrogen and oxygen atoms in total. The zero-order valence-corrected chi connectivity index (χ0v) is 11.3. The third kappa shape index (κ3) is 2.23. The molecule has 1 aromatic heterocycles. The predicted octanol–water partition coefficient (Wildman–Crippen LogP) is 3.87. The van der Waals surface area contributed by atoms with Crippen molar-refractivity contribution < 1.29 is 0 Å². The molecule has 94 valence electrons. The molecule has 0 unspecified atom stereocenters. The maximum Gasteiger partial charge on any atom is 0.134 e. The summed E-state index contributed by atoms with van der Waals surface area (Å²) >= 11 is 6.28. The normalized spacial score (nSPS) is 16.2. The molecule has 0 amide bonds. The third-order valence-electron chi connectivity index (χ3n) is 3.87. The van der Waals surface area contributed by atoms with Crippen molar-refractivity contribution >= 4 is 22.5 Å². The fourth-order valence-corrected chi connectivity index (χ4v) is 2.68. The molecule has 1 aliphatic rings. The van der Waals surface area contributed by atoms with Gasteiger partial charge in [-0.2, -0.15) is 0 Å². The molecule has 3 heteroatoms. The summed E-state index contributed by atoms with van der Waals surface area (Å²) in [5.74, 6) is 0. The second-order valence-corrected chi connectivity index (χ2v) is 5.49. The van der Waals surface area contributed by atoms with Gasteiger partial charge in [0.2, 0.25) is 0 Å². The molecule has 0 bridgehead atoms. The first-order valence-corrected chi connectivity index (χ1v) is 6.86. The van der Waals surface area contributed by atoms with Crippen LogP contribution in [0.2, 0.25) is 5.15 Å². The molecule has 18 heavy (non-hydrogen) atoms. The summed E-state index contributed by atoms with van der Waals surface area (Å²) in [5.41, 5.74) is 2.10. The highest BCUT2D eigenvalue weighted by Crippen LogP contribution is 2.27. The number of hydrogen-bond donors (Lipinski definition) is 0. The zero-order valence-electron chi connectivity index (χ0n) is 10.6. The highest BCUT2D eigenvalue weighted by Gasteiger charge is 2.22. The van der Waals surface area contributed by atoms with Crippen molar-refractivity contribution in [1.82, 2.24) is 9.88 Å². The van der Waals surface area contributed by atoms with Gasteiger partial charge in [-0.3, -0.25) is 4.90 Å². The number of aromatic nitrogens is 1. The second-order valence-electron chi connectivity index (χ2n) is 5.13. The number of hydrogen-bond acceptors (Lipinski definition) is 2. The van der Waals surface area contributed by atoms with Gasteiger partial charge in [-0.1, -0.05) is 36.2 Å². The van der Waals surface area contributed by atoms with E-state index in [1.165, 1.54) is 24.6 Å². The van der Waals surface area contributed by atoms with Crippen molar-refractivity contribution in [2.75, 3.05) is 7.05 Å². The molecule has 1 saturated carbocycles. The smallest absolute Gasteiger partial charge is 0.134 e. The Kier molecular flexibility index (Phi) is 3.23. The number of rotatable bonds is 3. The van der Waals surface area contributed by atoms with Crippen LogP contribution in [0.15, 0.2) is 30.3 Å². The Morgan fingerprint density at radius 2 is 2.11 bits per heavy atom. The highest BCUT2D eigenvalue weighted by atomic mass is 35.5. The Morgan fingerprint density at radius 1 is 1.33 bits per heavy atom. The van der Waals surface area contributed by atoms with Gasteiger partial charge in [0, 0.05) is 23.5 Å². The minimum Gasteiger partial charge on any atom is -0.299 e. The van der Waals surface area contributed by atoms with Crippen molar-refractivity contribution in [2.24, 2.45) is 0 Å². The lowest BCUT2D eigenvalue weighted by molar-refractivity contribution is 0.152. The minimum atomic E-state index is 0.639. The molecule has 1 fully saturated rings. The van der Waals surface area contributed by atoms with E-state index in [9.17, 15) is 0 Å². The number of fused-ring (bicyclic) bond motifs is 1. The number of para-hydroxylation sites is 1. The Bertz CT molecular complexity index is 563. The van der Waals surface area contributed by atoms with Gasteiger partial charge in [-0.25, -0.2) is 4.98 Å². The largest absolute Gasteiger partial charge is 0.299 e. The molecule has 0 saturated heterocycles. The maximum absolute atomic E-state index is 6.28. The van der Waals surface area contributed by atoms with Crippen LogP contribution in [-0.4, -0.2) is 23.0 Å². The van der Waals surface area contributed by atoms with Gasteiger partial charge in [0.15, 0.2) is 0 Å². The van der Waals surface area contributed by atoms with Crippen LogP contribution in [0.4, 0.5) is 0 Å². The van der Waals surface area contributed by atoms with Crippen LogP contribution in [0.1, 0.15) is 24.8 Å². The lowest BCUT2D eigenvalue weighted by Crippen LogP contribution is -2.36. The summed E-state index contributed by atoms with van der Waals surface area (Å²) in [7, 11) is 2.18. The van der Waals surface area contributed by atoms with Crippen LogP contribution < -0.4 is 0 Å². The number of benzene rings is 1. The molecular formula is C15H17ClN2. The molecule has 1 aromatic carbocycles. The molecule has 1 heterocycles. The summed E-state index contributed by atoms with van der Waals surface area (Å²) < 4.78 is 0. The average molecular weight is 261 g/mol. The van der Waals surface area contributed by atoms with Crippen molar-refractivity contribution in [1.29, 1.82) is 0 Å². The predicted molar refractivity (Wildman–Crippen MR) is 75.9 cm³/mol. The lowest BCUT2D eigenvalue weighted by Gasteiger charge is -2.34. The van der Waals surface area contributed by atoms with Crippen molar-refractivity contribution in [2.45, 2.75) is 31.8 Å². The lowest BCUT2D eigenvalue weighted by atomic mass is 9.91. The van der Waals surface area contributed by atoms with Gasteiger partial charge >= 0.3 is 0 Å². The Balaban J connectivity index is 1.88. The molecule has 1 aliphatic carbocycles. The van der Waals surface area contributed by atoms with E-state index < -0.39 is 0 Å². The van der Waals surface area contributed by atoms with Crippen LogP contribution in [0.25, 0.3) is 10.9 Å². The van der Waals surface area contributed by atoms with Crippen LogP contribution in [0.5, 0.6) is 0 Å². The van der Waals surface area contributed by atoms with E-state index in [1.807, 2.05) is 18.2 Å². The molecule has 0 spiro atoms. The standard InChI is InChI=1S/C15H17ClN2/c1-18(13-6-4-7-13)10-12-9-11-5-2-3-8-14(11)17-15(12)16/h2-3,5,8-9,13H,4,6-7,10H2,1H3. The summed E-state index contributed by atoms with van der Waals surface area (Å²) in [6.45, 7) is 0.890. The quantitative estimate of drug-likeness (QED) is 0.779. The van der Waals surface area contributed by atoms with Crippen molar-refractivity contribution in [3.8, 4) is 0 Å². The first-order valence-electron chi connectivity index (χ1n) is 6.48. The minimum absolute atomic E-state index is 0.639. The summed E-state index contributed by atoms with van der Waals surface area (Å²) in [6, 6.07) is 11.0. The van der Waals surface area contributed by atoms with E-state index in [2.05, 4.69) is 29.1 Å². The summed E-state index contributed by atoms with van der Waals surface area (Å²) in [5, 5.41) is 1.80. The number of nitrogens with zero attached hydrogens (tertiary/aromatic N) is 2. The van der Waals surface area contributed by atoms with Gasteiger partial charge in [0.25, 0.3) is 0 Å². The van der Waals surface area contributed by atoms with E-state index in [-0.39, 0.29) is 0 Å². The van der Waals surface area contributed by atoms with E-state index in [4.69, 9.17) is 11.6 Å². The van der Waals surface area contributed by atoms with Gasteiger partial charge in [0.1, 0.15) is 5.15 Å². The molecule has 3 rings (SSSR count). The fraction of sp³-hybridized carbons (Fsp3) is 0.400. The Labute approximate surface area is 113 Å². The van der Waals surface area contributed by atoms with E-state index >= 15 is 0 Å². The Morgan fingerprint density at radius 3 is 2.83 bits per heavy atom. The second kappa shape index (κ2) is 4.87. The summed E-state index contributed by atoms with van der Waals surface area (Å²) in [6.07, 6.45) is 3.99. The van der Waals surface area contributed by atoms with Crippen LogP contribution >= 0.6 is 11.6 Å². The molecule has 2 aromatic rings. The van der Waals surface area contributed by atoms with Crippen LogP contribution in [-0.2, 0) is 6.54 Å². The molecule has 0 atom stereocenters. The van der Waals surface area contributed by atoms with Crippen LogP contribution in [0.3, 0.4) is 0 Å². The molecule has 0 N–H and O–H groups in total. The number of pyridine rings is 1. The molecule has 0 aliphatic heterocycles. The first kappa shape index (κ1) is 11.9. The SMILES string of the molecule is CN(Cc1cc2ccccc2nc1Cl)C1CCC1. The summed E-state index contributed by atoms with van der Waals surface area (Å²) in [4.78, 5) is 6.86. The average Bonchev–Trinajstić information content (AvgIpc) is 2.27. The van der Waals surface area contributed by atoms with E-state index in [1.54, 1.807) is 0 Å². The van der Waals surface area contributed by atoms with Gasteiger partial charge in [-0.15, -0.1) is 0 Å². The third-order valence-corrected chi connectivity index (χ3v) is 4.20. The Hall–Kier alpha value is -1.12. The van der Waals surface area contributed by atoms with E-state index in [0.717, 1.165) is 23.7 Å². The zero-order chi connectivity index (χ0) is 12.5. The number of halogens is 1. The fourth-order valence-electron chi connectivity index (χ4n) is 2.47. The van der Waals surface area contributed by atoms with Crippen molar-refractivity contribution in [3.05, 3.63) is 41.0 Å². The highest BCUT2D eigenvalue weighted by molar-refractivity contribution is 6.30. The molecule has 0 radical (unpaired) electrons.